The van der Waals surface area contributed by atoms with Gasteiger partial charge in [0.05, 0.1) is 6.42 Å². The fourth-order valence-electron chi connectivity index (χ4n) is 2.49. The van der Waals surface area contributed by atoms with Crippen LogP contribution in [0.3, 0.4) is 0 Å². The molecule has 1 aromatic carbocycles. The minimum absolute atomic E-state index is 0.104. The van der Waals surface area contributed by atoms with Crippen molar-refractivity contribution in [2.75, 3.05) is 0 Å². The molecular weight excluding hydrogens is 293 g/mol. The van der Waals surface area contributed by atoms with Crippen molar-refractivity contribution < 1.29 is 26.7 Å². The van der Waals surface area contributed by atoms with Crippen molar-refractivity contribution in [2.45, 2.75) is 44.6 Å². The molecule has 1 aliphatic carbocycles. The Labute approximate surface area is 118 Å². The molecule has 0 saturated heterocycles. The maximum absolute atomic E-state index is 13.4. The average molecular weight is 307 g/mol. The summed E-state index contributed by atoms with van der Waals surface area (Å²) in [5.74, 6) is -10.9. The van der Waals surface area contributed by atoms with Crippen LogP contribution in [0, 0.1) is 29.1 Å². The van der Waals surface area contributed by atoms with Crippen LogP contribution < -0.4 is 5.32 Å². The predicted molar refractivity (Wildman–Crippen MR) is 65.0 cm³/mol. The molecule has 0 aromatic heterocycles. The molecule has 0 heterocycles. The lowest BCUT2D eigenvalue weighted by molar-refractivity contribution is -0.121. The lowest BCUT2D eigenvalue weighted by Gasteiger charge is -2.22. The summed E-state index contributed by atoms with van der Waals surface area (Å²) in [6.07, 6.45) is 3.57. The van der Waals surface area contributed by atoms with Gasteiger partial charge in [0.1, 0.15) is 0 Å². The smallest absolute Gasteiger partial charge is 0.224 e. The first-order valence-corrected chi connectivity index (χ1v) is 6.71. The Morgan fingerprint density at radius 3 is 1.86 bits per heavy atom. The van der Waals surface area contributed by atoms with Gasteiger partial charge in [0, 0.05) is 11.6 Å². The number of benzene rings is 1. The van der Waals surface area contributed by atoms with Crippen molar-refractivity contribution in [1.82, 2.24) is 5.32 Å². The van der Waals surface area contributed by atoms with Gasteiger partial charge in [0.2, 0.25) is 11.7 Å². The van der Waals surface area contributed by atoms with E-state index in [0.29, 0.717) is 0 Å². The quantitative estimate of drug-likeness (QED) is 0.518. The van der Waals surface area contributed by atoms with Crippen LogP contribution in [-0.2, 0) is 11.2 Å². The summed E-state index contributed by atoms with van der Waals surface area (Å²) in [5, 5.41) is 2.56. The molecule has 0 bridgehead atoms. The molecule has 7 heteroatoms. The van der Waals surface area contributed by atoms with Gasteiger partial charge >= 0.3 is 0 Å². The van der Waals surface area contributed by atoms with Crippen LogP contribution in [0.15, 0.2) is 0 Å². The molecule has 0 spiro atoms. The van der Waals surface area contributed by atoms with E-state index in [9.17, 15) is 26.7 Å². The van der Waals surface area contributed by atoms with Gasteiger partial charge in [-0.3, -0.25) is 4.79 Å². The third-order valence-corrected chi connectivity index (χ3v) is 3.61. The molecule has 0 radical (unpaired) electrons. The summed E-state index contributed by atoms with van der Waals surface area (Å²) in [5.41, 5.74) is -1.10. The van der Waals surface area contributed by atoms with Crippen LogP contribution in [0.4, 0.5) is 22.0 Å². The molecular formula is C14H14F5NO. The number of hydrogen-bond donors (Lipinski definition) is 1. The Hall–Kier alpha value is -1.66. The van der Waals surface area contributed by atoms with Gasteiger partial charge in [-0.15, -0.1) is 0 Å². The van der Waals surface area contributed by atoms with Gasteiger partial charge in [-0.1, -0.05) is 19.3 Å². The number of halogens is 5. The van der Waals surface area contributed by atoms with Crippen LogP contribution in [0.1, 0.15) is 37.7 Å². The highest BCUT2D eigenvalue weighted by Crippen LogP contribution is 2.24. The molecule has 116 valence electrons. The zero-order valence-electron chi connectivity index (χ0n) is 11.1. The van der Waals surface area contributed by atoms with Gasteiger partial charge in [-0.05, 0) is 12.8 Å². The van der Waals surface area contributed by atoms with Crippen molar-refractivity contribution in [3.05, 3.63) is 34.6 Å². The van der Waals surface area contributed by atoms with Crippen LogP contribution >= 0.6 is 0 Å². The predicted octanol–water partition coefficient (Wildman–Crippen LogP) is 3.37. The highest BCUT2D eigenvalue weighted by atomic mass is 19.2. The zero-order valence-corrected chi connectivity index (χ0v) is 11.1. The minimum Gasteiger partial charge on any atom is -0.353 e. The highest BCUT2D eigenvalue weighted by Gasteiger charge is 2.27. The van der Waals surface area contributed by atoms with Gasteiger partial charge < -0.3 is 5.32 Å². The number of carbonyl (C=O) groups excluding carboxylic acids is 1. The molecule has 21 heavy (non-hydrogen) atoms. The second-order valence-corrected chi connectivity index (χ2v) is 5.13. The maximum atomic E-state index is 13.4. The number of carbonyl (C=O) groups is 1. The normalized spacial score (nSPS) is 16.0. The molecule has 0 aliphatic heterocycles. The van der Waals surface area contributed by atoms with E-state index in [1.54, 1.807) is 0 Å². The first-order chi connectivity index (χ1) is 9.91. The van der Waals surface area contributed by atoms with Gasteiger partial charge in [-0.25, -0.2) is 22.0 Å². The molecule has 1 saturated carbocycles. The van der Waals surface area contributed by atoms with Crippen molar-refractivity contribution in [3.63, 3.8) is 0 Å². The topological polar surface area (TPSA) is 29.1 Å². The van der Waals surface area contributed by atoms with Crippen LogP contribution in [0.5, 0.6) is 0 Å². The standard InChI is InChI=1S/C14H14F5NO/c15-10-8(11(16)13(18)14(19)12(10)17)6-9(21)20-7-4-2-1-3-5-7/h7H,1-6H2,(H,20,21). The lowest BCUT2D eigenvalue weighted by Crippen LogP contribution is -2.37. The summed E-state index contributed by atoms with van der Waals surface area (Å²) in [6.45, 7) is 0. The summed E-state index contributed by atoms with van der Waals surface area (Å²) >= 11 is 0. The molecule has 0 atom stereocenters. The molecule has 0 unspecified atom stereocenters. The number of rotatable bonds is 3. The van der Waals surface area contributed by atoms with E-state index in [2.05, 4.69) is 5.32 Å². The molecule has 1 amide bonds. The Morgan fingerprint density at radius 1 is 0.857 bits per heavy atom. The second kappa shape index (κ2) is 6.41. The number of nitrogens with one attached hydrogen (secondary N) is 1. The summed E-state index contributed by atoms with van der Waals surface area (Å²) < 4.78 is 65.8. The molecule has 1 aliphatic rings. The van der Waals surface area contributed by atoms with E-state index >= 15 is 0 Å². The lowest BCUT2D eigenvalue weighted by atomic mass is 9.95. The molecule has 2 rings (SSSR count). The number of amides is 1. The van der Waals surface area contributed by atoms with E-state index in [1.165, 1.54) is 0 Å². The number of hydrogen-bond acceptors (Lipinski definition) is 1. The van der Waals surface area contributed by atoms with Crippen LogP contribution in [-0.4, -0.2) is 11.9 Å². The molecule has 1 N–H and O–H groups in total. The van der Waals surface area contributed by atoms with E-state index < -0.39 is 47.0 Å². The average Bonchev–Trinajstić information content (AvgIpc) is 2.48. The minimum atomic E-state index is -2.22. The van der Waals surface area contributed by atoms with Crippen molar-refractivity contribution in [3.8, 4) is 0 Å². The monoisotopic (exact) mass is 307 g/mol. The Morgan fingerprint density at radius 2 is 1.33 bits per heavy atom. The van der Waals surface area contributed by atoms with E-state index in [-0.39, 0.29) is 6.04 Å². The van der Waals surface area contributed by atoms with Crippen molar-refractivity contribution >= 4 is 5.91 Å². The zero-order chi connectivity index (χ0) is 15.6. The van der Waals surface area contributed by atoms with Gasteiger partial charge in [0.15, 0.2) is 23.3 Å². The Kier molecular flexibility index (Phi) is 4.80. The van der Waals surface area contributed by atoms with Crippen LogP contribution in [0.2, 0.25) is 0 Å². The fourth-order valence-corrected chi connectivity index (χ4v) is 2.49. The third kappa shape index (κ3) is 3.33. The Bertz CT molecular complexity index is 526. The largest absolute Gasteiger partial charge is 0.353 e. The van der Waals surface area contributed by atoms with E-state index in [0.717, 1.165) is 32.1 Å². The van der Waals surface area contributed by atoms with E-state index in [1.807, 2.05) is 0 Å². The fraction of sp³-hybridized carbons (Fsp3) is 0.500. The second-order valence-electron chi connectivity index (χ2n) is 5.13. The third-order valence-electron chi connectivity index (χ3n) is 3.61. The molecule has 1 aromatic rings. The van der Waals surface area contributed by atoms with E-state index in [4.69, 9.17) is 0 Å². The summed E-state index contributed by atoms with van der Waals surface area (Å²) in [6, 6.07) is -0.104. The van der Waals surface area contributed by atoms with Gasteiger partial charge in [0.25, 0.3) is 0 Å². The Balaban J connectivity index is 2.13. The summed E-state index contributed by atoms with van der Waals surface area (Å²) in [4.78, 5) is 11.7. The maximum Gasteiger partial charge on any atom is 0.224 e. The summed E-state index contributed by atoms with van der Waals surface area (Å²) in [7, 11) is 0. The molecule has 1 fully saturated rings. The first kappa shape index (κ1) is 15.7. The van der Waals surface area contributed by atoms with Crippen molar-refractivity contribution in [1.29, 1.82) is 0 Å². The molecule has 2 nitrogen and oxygen atoms in total. The van der Waals surface area contributed by atoms with Crippen LogP contribution in [0.25, 0.3) is 0 Å². The van der Waals surface area contributed by atoms with Gasteiger partial charge in [-0.2, -0.15) is 0 Å². The van der Waals surface area contributed by atoms with Crippen molar-refractivity contribution in [2.24, 2.45) is 0 Å². The first-order valence-electron chi connectivity index (χ1n) is 6.71. The highest BCUT2D eigenvalue weighted by molar-refractivity contribution is 5.79. The SMILES string of the molecule is O=C(Cc1c(F)c(F)c(F)c(F)c1F)NC1CCCCC1.